The summed E-state index contributed by atoms with van der Waals surface area (Å²) in [6, 6.07) is 23.7. The minimum Gasteiger partial charge on any atom is -0.457 e. The molecule has 0 radical (unpaired) electrons. The van der Waals surface area contributed by atoms with E-state index in [2.05, 4.69) is 28.1 Å². The molecule has 0 atom stereocenters. The van der Waals surface area contributed by atoms with Crippen LogP contribution in [0.15, 0.2) is 77.3 Å². The molecule has 1 heterocycles. The first-order chi connectivity index (χ1) is 12.7. The summed E-state index contributed by atoms with van der Waals surface area (Å²) in [6.07, 6.45) is 0.826. The van der Waals surface area contributed by atoms with Gasteiger partial charge in [0.05, 0.1) is 0 Å². The van der Waals surface area contributed by atoms with Crippen molar-refractivity contribution >= 4 is 21.8 Å². The molecular weight excluding hydrogens is 390 g/mol. The van der Waals surface area contributed by atoms with E-state index < -0.39 is 0 Å². The van der Waals surface area contributed by atoms with Crippen molar-refractivity contribution in [3.05, 3.63) is 94.0 Å². The van der Waals surface area contributed by atoms with Crippen LogP contribution in [0.4, 0.5) is 0 Å². The molecule has 0 aromatic heterocycles. The zero-order chi connectivity index (χ0) is 17.9. The molecule has 0 fully saturated rings. The normalized spacial score (nSPS) is 13.0. The van der Waals surface area contributed by atoms with Crippen LogP contribution in [-0.2, 0) is 13.0 Å². The minimum absolute atomic E-state index is 0.116. The van der Waals surface area contributed by atoms with Gasteiger partial charge in [-0.15, -0.1) is 0 Å². The lowest BCUT2D eigenvalue weighted by atomic mass is 10.1. The molecule has 0 spiro atoms. The predicted octanol–water partition coefficient (Wildman–Crippen LogP) is 5.44. The van der Waals surface area contributed by atoms with Crippen LogP contribution in [0.2, 0.25) is 0 Å². The van der Waals surface area contributed by atoms with Crippen molar-refractivity contribution in [3.63, 3.8) is 0 Å². The SMILES string of the molecule is O=C1c2cc(Br)ccc2CN1CCc1ccc(Oc2ccccc2)cc1. The Bertz CT molecular complexity index is 923. The van der Waals surface area contributed by atoms with Gasteiger partial charge in [-0.05, 0) is 53.9 Å². The highest BCUT2D eigenvalue weighted by Crippen LogP contribution is 2.26. The van der Waals surface area contributed by atoms with E-state index in [-0.39, 0.29) is 5.91 Å². The maximum atomic E-state index is 12.5. The molecule has 1 amide bonds. The van der Waals surface area contributed by atoms with Gasteiger partial charge in [0.15, 0.2) is 0 Å². The van der Waals surface area contributed by atoms with E-state index in [9.17, 15) is 4.79 Å². The van der Waals surface area contributed by atoms with Crippen LogP contribution in [-0.4, -0.2) is 17.4 Å². The number of amides is 1. The lowest BCUT2D eigenvalue weighted by molar-refractivity contribution is 0.0780. The number of carbonyl (C=O) groups excluding carboxylic acids is 1. The molecule has 0 saturated carbocycles. The average Bonchev–Trinajstić information content (AvgIpc) is 2.98. The molecule has 4 heteroatoms. The minimum atomic E-state index is 0.116. The van der Waals surface area contributed by atoms with Gasteiger partial charge in [0.2, 0.25) is 0 Å². The van der Waals surface area contributed by atoms with Gasteiger partial charge in [-0.2, -0.15) is 0 Å². The van der Waals surface area contributed by atoms with Crippen molar-refractivity contribution in [2.75, 3.05) is 6.54 Å². The third-order valence-corrected chi connectivity index (χ3v) is 5.02. The second kappa shape index (κ2) is 7.34. The smallest absolute Gasteiger partial charge is 0.254 e. The monoisotopic (exact) mass is 407 g/mol. The number of fused-ring (bicyclic) bond motifs is 1. The highest BCUT2D eigenvalue weighted by atomic mass is 79.9. The third-order valence-electron chi connectivity index (χ3n) is 4.52. The Morgan fingerprint density at radius 1 is 0.923 bits per heavy atom. The first-order valence-electron chi connectivity index (χ1n) is 8.58. The van der Waals surface area contributed by atoms with Gasteiger partial charge in [-0.1, -0.05) is 52.3 Å². The van der Waals surface area contributed by atoms with Gasteiger partial charge in [0.1, 0.15) is 11.5 Å². The van der Waals surface area contributed by atoms with E-state index in [1.807, 2.05) is 65.6 Å². The molecule has 26 heavy (non-hydrogen) atoms. The number of ether oxygens (including phenoxy) is 1. The van der Waals surface area contributed by atoms with E-state index in [1.165, 1.54) is 5.56 Å². The fourth-order valence-electron chi connectivity index (χ4n) is 3.13. The average molecular weight is 408 g/mol. The zero-order valence-electron chi connectivity index (χ0n) is 14.2. The molecule has 0 saturated heterocycles. The molecule has 0 N–H and O–H groups in total. The Kier molecular flexibility index (Phi) is 4.76. The van der Waals surface area contributed by atoms with E-state index >= 15 is 0 Å². The largest absolute Gasteiger partial charge is 0.457 e. The Labute approximate surface area is 161 Å². The van der Waals surface area contributed by atoms with Crippen molar-refractivity contribution in [2.45, 2.75) is 13.0 Å². The molecule has 0 unspecified atom stereocenters. The number of halogens is 1. The van der Waals surface area contributed by atoms with Crippen LogP contribution in [0, 0.1) is 0 Å². The summed E-state index contributed by atoms with van der Waals surface area (Å²) in [5, 5.41) is 0. The van der Waals surface area contributed by atoms with Crippen molar-refractivity contribution in [1.82, 2.24) is 4.90 Å². The Balaban J connectivity index is 1.36. The Hall–Kier alpha value is -2.59. The molecule has 1 aliphatic heterocycles. The highest BCUT2D eigenvalue weighted by Gasteiger charge is 2.26. The maximum Gasteiger partial charge on any atom is 0.254 e. The zero-order valence-corrected chi connectivity index (χ0v) is 15.8. The van der Waals surface area contributed by atoms with E-state index in [0.29, 0.717) is 13.1 Å². The molecule has 3 aromatic rings. The number of hydrogen-bond acceptors (Lipinski definition) is 2. The van der Waals surface area contributed by atoms with E-state index in [4.69, 9.17) is 4.74 Å². The maximum absolute atomic E-state index is 12.5. The molecule has 3 nitrogen and oxygen atoms in total. The summed E-state index contributed by atoms with van der Waals surface area (Å²) < 4.78 is 6.76. The number of hydrogen-bond donors (Lipinski definition) is 0. The second-order valence-corrected chi connectivity index (χ2v) is 7.25. The summed E-state index contributed by atoms with van der Waals surface area (Å²) >= 11 is 3.44. The van der Waals surface area contributed by atoms with Gasteiger partial charge in [0.25, 0.3) is 5.91 Å². The molecule has 0 aliphatic carbocycles. The van der Waals surface area contributed by atoms with Crippen LogP contribution in [0.1, 0.15) is 21.5 Å². The van der Waals surface area contributed by atoms with Crippen molar-refractivity contribution in [2.24, 2.45) is 0 Å². The number of carbonyl (C=O) groups is 1. The van der Waals surface area contributed by atoms with Crippen molar-refractivity contribution in [3.8, 4) is 11.5 Å². The van der Waals surface area contributed by atoms with E-state index in [1.54, 1.807) is 0 Å². The quantitative estimate of drug-likeness (QED) is 0.563. The third kappa shape index (κ3) is 3.65. The summed E-state index contributed by atoms with van der Waals surface area (Å²) in [4.78, 5) is 14.4. The van der Waals surface area contributed by atoms with E-state index in [0.717, 1.165) is 33.5 Å². The summed E-state index contributed by atoms with van der Waals surface area (Å²) in [5.41, 5.74) is 3.10. The molecule has 130 valence electrons. The van der Waals surface area contributed by atoms with Gasteiger partial charge in [0, 0.05) is 23.1 Å². The van der Waals surface area contributed by atoms with Crippen LogP contribution in [0.5, 0.6) is 11.5 Å². The van der Waals surface area contributed by atoms with Gasteiger partial charge in [-0.25, -0.2) is 0 Å². The first-order valence-corrected chi connectivity index (χ1v) is 9.38. The molecule has 3 aromatic carbocycles. The van der Waals surface area contributed by atoms with Gasteiger partial charge < -0.3 is 9.64 Å². The fraction of sp³-hybridized carbons (Fsp3) is 0.136. The van der Waals surface area contributed by atoms with Gasteiger partial charge in [-0.3, -0.25) is 4.79 Å². The molecule has 0 bridgehead atoms. The Morgan fingerprint density at radius 2 is 1.65 bits per heavy atom. The van der Waals surface area contributed by atoms with Gasteiger partial charge >= 0.3 is 0 Å². The topological polar surface area (TPSA) is 29.5 Å². The van der Waals surface area contributed by atoms with Crippen LogP contribution < -0.4 is 4.74 Å². The molecule has 1 aliphatic rings. The lowest BCUT2D eigenvalue weighted by Gasteiger charge is -2.15. The summed E-state index contributed by atoms with van der Waals surface area (Å²) in [7, 11) is 0. The fourth-order valence-corrected chi connectivity index (χ4v) is 3.49. The van der Waals surface area contributed by atoms with Crippen LogP contribution >= 0.6 is 15.9 Å². The highest BCUT2D eigenvalue weighted by molar-refractivity contribution is 9.10. The van der Waals surface area contributed by atoms with Crippen LogP contribution in [0.3, 0.4) is 0 Å². The number of rotatable bonds is 5. The molecular formula is C22H18BrNO2. The number of benzene rings is 3. The number of para-hydroxylation sites is 1. The van der Waals surface area contributed by atoms with Crippen molar-refractivity contribution in [1.29, 1.82) is 0 Å². The first kappa shape index (κ1) is 16.9. The summed E-state index contributed by atoms with van der Waals surface area (Å²) in [6.45, 7) is 1.40. The number of nitrogens with zero attached hydrogens (tertiary/aromatic N) is 1. The second-order valence-electron chi connectivity index (χ2n) is 6.34. The summed E-state index contributed by atoms with van der Waals surface area (Å²) in [5.74, 6) is 1.76. The lowest BCUT2D eigenvalue weighted by Crippen LogP contribution is -2.26. The van der Waals surface area contributed by atoms with Crippen LogP contribution in [0.25, 0.3) is 0 Å². The molecule has 4 rings (SSSR count). The van der Waals surface area contributed by atoms with Crippen molar-refractivity contribution < 1.29 is 9.53 Å². The Morgan fingerprint density at radius 3 is 2.42 bits per heavy atom. The standard InChI is InChI=1S/C22H18BrNO2/c23-18-9-8-17-15-24(22(25)21(17)14-18)13-12-16-6-10-20(11-7-16)26-19-4-2-1-3-5-19/h1-11,14H,12-13,15H2. The predicted molar refractivity (Wildman–Crippen MR) is 106 cm³/mol.